The Morgan fingerprint density at radius 3 is 2.21 bits per heavy atom. The first-order valence-electron chi connectivity index (χ1n) is 14.1. The van der Waals surface area contributed by atoms with E-state index in [0.29, 0.717) is 13.1 Å². The number of hydrogen-bond acceptors (Lipinski definition) is 6. The molecule has 3 aliphatic rings. The maximum Gasteiger partial charge on any atom is 0.328 e. The molecule has 2 unspecified atom stereocenters. The summed E-state index contributed by atoms with van der Waals surface area (Å²) >= 11 is 0. The van der Waals surface area contributed by atoms with Gasteiger partial charge in [-0.3, -0.25) is 9.69 Å². The summed E-state index contributed by atoms with van der Waals surface area (Å²) in [7, 11) is 1.76. The first kappa shape index (κ1) is 26.1. The Hall–Kier alpha value is -3.55. The number of urea groups is 1. The maximum absolute atomic E-state index is 13.5. The lowest BCUT2D eigenvalue weighted by atomic mass is 10.1. The van der Waals surface area contributed by atoms with Gasteiger partial charge in [0.15, 0.2) is 12.2 Å². The Bertz CT molecular complexity index is 1140. The number of guanidine groups is 1. The normalized spacial score (nSPS) is 20.6. The Balaban J connectivity index is 1.20. The highest BCUT2D eigenvalue weighted by atomic mass is 16.5. The topological polar surface area (TPSA) is 68.7 Å². The third kappa shape index (κ3) is 5.35. The van der Waals surface area contributed by atoms with Crippen molar-refractivity contribution < 1.29 is 14.3 Å². The molecule has 2 aromatic carbocycles. The number of aliphatic imine (C=N–C) groups is 1. The van der Waals surface area contributed by atoms with Gasteiger partial charge in [0.05, 0.1) is 0 Å². The lowest BCUT2D eigenvalue weighted by Gasteiger charge is -2.40. The zero-order chi connectivity index (χ0) is 26.5. The number of nitrogens with zero attached hydrogens (tertiary/aromatic N) is 5. The predicted molar refractivity (Wildman–Crippen MR) is 150 cm³/mol. The van der Waals surface area contributed by atoms with E-state index in [1.807, 2.05) is 54.6 Å². The first-order chi connectivity index (χ1) is 18.6. The number of carbonyl (C=O) groups excluding carboxylic acids is 2. The van der Waals surface area contributed by atoms with Crippen molar-refractivity contribution in [2.45, 2.75) is 70.5 Å². The van der Waals surface area contributed by atoms with Gasteiger partial charge in [-0.15, -0.1) is 0 Å². The highest BCUT2D eigenvalue weighted by Crippen LogP contribution is 2.34. The number of anilines is 1. The van der Waals surface area contributed by atoms with Gasteiger partial charge < -0.3 is 19.4 Å². The Kier molecular flexibility index (Phi) is 8.15. The van der Waals surface area contributed by atoms with Crippen LogP contribution in [0.15, 0.2) is 59.6 Å². The lowest BCUT2D eigenvalue weighted by Crippen LogP contribution is -2.64. The molecule has 3 aliphatic heterocycles. The molecule has 5 rings (SSSR count). The molecule has 0 bridgehead atoms. The van der Waals surface area contributed by atoms with Crippen LogP contribution in [0.3, 0.4) is 0 Å². The third-order valence-corrected chi connectivity index (χ3v) is 7.74. The van der Waals surface area contributed by atoms with Crippen LogP contribution in [0.4, 0.5) is 10.5 Å². The minimum absolute atomic E-state index is 0.117. The van der Waals surface area contributed by atoms with Gasteiger partial charge in [0.2, 0.25) is 5.96 Å². The van der Waals surface area contributed by atoms with Crippen LogP contribution in [-0.2, 0) is 4.79 Å². The summed E-state index contributed by atoms with van der Waals surface area (Å²) in [6, 6.07) is 16.9. The number of ether oxygens (including phenoxy) is 1. The fourth-order valence-corrected chi connectivity index (χ4v) is 5.61. The molecule has 2 fully saturated rings. The van der Waals surface area contributed by atoms with Gasteiger partial charge in [0.25, 0.3) is 5.91 Å². The van der Waals surface area contributed by atoms with E-state index >= 15 is 0 Å². The highest BCUT2D eigenvalue weighted by molar-refractivity contribution is 6.08. The summed E-state index contributed by atoms with van der Waals surface area (Å²) in [4.78, 5) is 38.8. The molecule has 0 spiro atoms. The number of hydrogen-bond donors (Lipinski definition) is 0. The molecule has 38 heavy (non-hydrogen) atoms. The van der Waals surface area contributed by atoms with Crippen molar-refractivity contribution in [2.75, 3.05) is 31.6 Å². The Morgan fingerprint density at radius 1 is 0.842 bits per heavy atom. The smallest absolute Gasteiger partial charge is 0.328 e. The van der Waals surface area contributed by atoms with E-state index in [1.54, 1.807) is 11.9 Å². The van der Waals surface area contributed by atoms with Gasteiger partial charge in [-0.25, -0.2) is 9.79 Å². The molecule has 0 saturated carbocycles. The molecule has 3 amide bonds. The summed E-state index contributed by atoms with van der Waals surface area (Å²) < 4.78 is 5.93. The minimum atomic E-state index is -0.483. The fraction of sp³-hybridized carbons (Fsp3) is 0.500. The molecule has 0 radical (unpaired) electrons. The number of carbonyl (C=O) groups is 2. The number of para-hydroxylation sites is 1. The van der Waals surface area contributed by atoms with Crippen molar-refractivity contribution in [2.24, 2.45) is 4.99 Å². The molecule has 0 aliphatic carbocycles. The second kappa shape index (κ2) is 11.9. The van der Waals surface area contributed by atoms with Crippen LogP contribution in [0.25, 0.3) is 0 Å². The van der Waals surface area contributed by atoms with E-state index in [2.05, 4.69) is 16.7 Å². The molecule has 2 aromatic rings. The van der Waals surface area contributed by atoms with Crippen LogP contribution in [0.2, 0.25) is 0 Å². The largest absolute Gasteiger partial charge is 0.457 e. The zero-order valence-electron chi connectivity index (χ0n) is 22.6. The van der Waals surface area contributed by atoms with E-state index in [1.165, 1.54) is 37.0 Å². The van der Waals surface area contributed by atoms with Crippen molar-refractivity contribution in [3.63, 3.8) is 0 Å². The standard InChI is InChI=1S/C30H39N5O3/c1-3-4-5-6-7-8-9-13-20-35-28(36)26-27(32(2)30(35)37)31-29-33(21-22-34(26)29)23-16-18-25(19-17-23)38-24-14-11-10-12-15-24/h10-12,14-19,26-27H,3-9,13,20-22H2,1-2H3. The van der Waals surface area contributed by atoms with Gasteiger partial charge in [0.1, 0.15) is 11.5 Å². The maximum atomic E-state index is 13.5. The second-order valence-electron chi connectivity index (χ2n) is 10.4. The van der Waals surface area contributed by atoms with Crippen LogP contribution in [0, 0.1) is 0 Å². The van der Waals surface area contributed by atoms with E-state index in [0.717, 1.165) is 49.0 Å². The van der Waals surface area contributed by atoms with Crippen molar-refractivity contribution in [1.82, 2.24) is 14.7 Å². The number of unbranched alkanes of at least 4 members (excludes halogenated alkanes) is 7. The van der Waals surface area contributed by atoms with Crippen molar-refractivity contribution in [3.8, 4) is 11.5 Å². The summed E-state index contributed by atoms with van der Waals surface area (Å²) in [5.41, 5.74) is 0.988. The van der Waals surface area contributed by atoms with E-state index in [-0.39, 0.29) is 11.9 Å². The molecular formula is C30H39N5O3. The molecule has 0 aromatic heterocycles. The fourth-order valence-electron chi connectivity index (χ4n) is 5.61. The molecule has 8 nitrogen and oxygen atoms in total. The highest BCUT2D eigenvalue weighted by Gasteiger charge is 2.54. The van der Waals surface area contributed by atoms with Gasteiger partial charge in [-0.1, -0.05) is 70.1 Å². The van der Waals surface area contributed by atoms with E-state index in [4.69, 9.17) is 9.73 Å². The molecule has 8 heteroatoms. The van der Waals surface area contributed by atoms with Gasteiger partial charge in [0, 0.05) is 32.4 Å². The second-order valence-corrected chi connectivity index (χ2v) is 10.4. The van der Waals surface area contributed by atoms with Gasteiger partial charge in [-0.05, 0) is 42.8 Å². The average molecular weight is 518 g/mol. The molecular weight excluding hydrogens is 478 g/mol. The number of amides is 3. The van der Waals surface area contributed by atoms with Crippen LogP contribution < -0.4 is 9.64 Å². The number of rotatable bonds is 12. The summed E-state index contributed by atoms with van der Waals surface area (Å²) in [6.07, 6.45) is 8.94. The summed E-state index contributed by atoms with van der Waals surface area (Å²) in [5.74, 6) is 2.20. The number of benzene rings is 2. The van der Waals surface area contributed by atoms with Crippen molar-refractivity contribution in [1.29, 1.82) is 0 Å². The average Bonchev–Trinajstić information content (AvgIpc) is 3.51. The molecule has 2 saturated heterocycles. The van der Waals surface area contributed by atoms with Crippen molar-refractivity contribution >= 4 is 23.6 Å². The van der Waals surface area contributed by atoms with Crippen LogP contribution in [0.1, 0.15) is 58.3 Å². The number of fused-ring (bicyclic) bond motifs is 3. The monoisotopic (exact) mass is 517 g/mol. The van der Waals surface area contributed by atoms with E-state index < -0.39 is 12.2 Å². The summed E-state index contributed by atoms with van der Waals surface area (Å²) in [6.45, 7) is 4.15. The Labute approximate surface area is 225 Å². The SMILES string of the molecule is CCCCCCCCCCN1C(=O)C2C(N=C3N(c4ccc(Oc5ccccc5)cc4)CCN32)N(C)C1=O. The Morgan fingerprint density at radius 2 is 1.50 bits per heavy atom. The first-order valence-corrected chi connectivity index (χ1v) is 14.1. The zero-order valence-corrected chi connectivity index (χ0v) is 22.6. The third-order valence-electron chi connectivity index (χ3n) is 7.74. The summed E-state index contributed by atoms with van der Waals surface area (Å²) in [5, 5.41) is 0. The quantitative estimate of drug-likeness (QED) is 0.338. The molecule has 2 atom stereocenters. The molecule has 0 N–H and O–H groups in total. The van der Waals surface area contributed by atoms with Crippen molar-refractivity contribution in [3.05, 3.63) is 54.6 Å². The number of likely N-dealkylation sites (N-methyl/N-ethyl adjacent to an activating group) is 1. The number of imide groups is 1. The van der Waals surface area contributed by atoms with Crippen LogP contribution >= 0.6 is 0 Å². The lowest BCUT2D eigenvalue weighted by molar-refractivity contribution is -0.137. The predicted octanol–water partition coefficient (Wildman–Crippen LogP) is 5.70. The van der Waals surface area contributed by atoms with E-state index in [9.17, 15) is 9.59 Å². The minimum Gasteiger partial charge on any atom is -0.457 e. The van der Waals surface area contributed by atoms with Crippen LogP contribution in [0.5, 0.6) is 11.5 Å². The molecule has 3 heterocycles. The molecule has 202 valence electrons. The van der Waals surface area contributed by atoms with Gasteiger partial charge >= 0.3 is 6.03 Å². The van der Waals surface area contributed by atoms with Gasteiger partial charge in [-0.2, -0.15) is 0 Å². The van der Waals surface area contributed by atoms with Crippen LogP contribution in [-0.4, -0.2) is 71.5 Å².